The molecule has 1 rings (SSSR count). The molecule has 4 heteroatoms. The Morgan fingerprint density at radius 2 is 2.18 bits per heavy atom. The van der Waals surface area contributed by atoms with Crippen LogP contribution in [0.1, 0.15) is 17.5 Å². The summed E-state index contributed by atoms with van der Waals surface area (Å²) < 4.78 is 5.04. The molecule has 1 aromatic rings. The summed E-state index contributed by atoms with van der Waals surface area (Å²) in [6.45, 7) is 5.11. The summed E-state index contributed by atoms with van der Waals surface area (Å²) in [5, 5.41) is 8.62. The highest BCUT2D eigenvalue weighted by Crippen LogP contribution is 2.22. The largest absolute Gasteiger partial charge is 0.481 e. The molecule has 0 heterocycles. The second-order valence-electron chi connectivity index (χ2n) is 3.56. The number of carboxylic acid groups (broad SMARTS) is 1. The molecule has 0 radical (unpaired) electrons. The van der Waals surface area contributed by atoms with E-state index in [0.717, 1.165) is 17.2 Å². The van der Waals surface area contributed by atoms with E-state index in [0.29, 0.717) is 12.2 Å². The zero-order valence-electron chi connectivity index (χ0n) is 9.60. The van der Waals surface area contributed by atoms with Crippen molar-refractivity contribution in [1.82, 2.24) is 0 Å². The second kappa shape index (κ2) is 5.84. The van der Waals surface area contributed by atoms with E-state index in [4.69, 9.17) is 9.84 Å². The number of carbonyl (C=O) groups is 2. The predicted octanol–water partition coefficient (Wildman–Crippen LogP) is 2.10. The molecule has 4 nitrogen and oxygen atoms in total. The van der Waals surface area contributed by atoms with Crippen LogP contribution < -0.4 is 4.74 Å². The van der Waals surface area contributed by atoms with Crippen LogP contribution in [0.2, 0.25) is 0 Å². The summed E-state index contributed by atoms with van der Waals surface area (Å²) in [6, 6.07) is 5.22. The Bertz CT molecular complexity index is 449. The summed E-state index contributed by atoms with van der Waals surface area (Å²) >= 11 is 0. The molecule has 0 saturated carbocycles. The number of carbonyl (C=O) groups excluding carboxylic acids is 1. The number of ether oxygens (including phenoxy) is 1. The van der Waals surface area contributed by atoms with Gasteiger partial charge in [-0.3, -0.25) is 4.79 Å². The van der Waals surface area contributed by atoms with Gasteiger partial charge in [-0.1, -0.05) is 18.7 Å². The number of carboxylic acids is 1. The molecule has 0 aromatic heterocycles. The van der Waals surface area contributed by atoms with Crippen molar-refractivity contribution in [2.24, 2.45) is 0 Å². The summed E-state index contributed by atoms with van der Waals surface area (Å²) in [7, 11) is 0. The molecule has 1 aromatic carbocycles. The molecule has 0 spiro atoms. The lowest BCUT2D eigenvalue weighted by atomic mass is 10.0. The molecule has 0 aliphatic rings. The molecule has 0 atom stereocenters. The SMILES string of the molecule is C=CC(=O)Oc1cccc(CCC(=O)O)c1C. The van der Waals surface area contributed by atoms with Gasteiger partial charge in [0.2, 0.25) is 0 Å². The molecule has 0 aliphatic carbocycles. The first-order valence-corrected chi connectivity index (χ1v) is 5.19. The van der Waals surface area contributed by atoms with Crippen LogP contribution in [0.4, 0.5) is 0 Å². The van der Waals surface area contributed by atoms with Crippen molar-refractivity contribution in [3.63, 3.8) is 0 Å². The lowest BCUT2D eigenvalue weighted by Crippen LogP contribution is -2.06. The number of aryl methyl sites for hydroxylation is 1. The van der Waals surface area contributed by atoms with E-state index >= 15 is 0 Å². The normalized spacial score (nSPS) is 9.71. The van der Waals surface area contributed by atoms with Gasteiger partial charge < -0.3 is 9.84 Å². The molecule has 17 heavy (non-hydrogen) atoms. The summed E-state index contributed by atoms with van der Waals surface area (Å²) in [4.78, 5) is 21.6. The zero-order chi connectivity index (χ0) is 12.8. The number of rotatable bonds is 5. The average Bonchev–Trinajstić information content (AvgIpc) is 2.30. The fourth-order valence-electron chi connectivity index (χ4n) is 1.43. The van der Waals surface area contributed by atoms with E-state index in [9.17, 15) is 9.59 Å². The fraction of sp³-hybridized carbons (Fsp3) is 0.231. The summed E-state index contributed by atoms with van der Waals surface area (Å²) in [5.41, 5.74) is 1.64. The minimum atomic E-state index is -0.849. The smallest absolute Gasteiger partial charge is 0.335 e. The fourth-order valence-corrected chi connectivity index (χ4v) is 1.43. The summed E-state index contributed by atoms with van der Waals surface area (Å²) in [5.74, 6) is -0.931. The first-order valence-electron chi connectivity index (χ1n) is 5.19. The van der Waals surface area contributed by atoms with Gasteiger partial charge in [0, 0.05) is 12.5 Å². The van der Waals surface area contributed by atoms with Gasteiger partial charge in [-0.2, -0.15) is 0 Å². The van der Waals surface area contributed by atoms with Crippen LogP contribution in [0, 0.1) is 6.92 Å². The Balaban J connectivity index is 2.86. The average molecular weight is 234 g/mol. The highest BCUT2D eigenvalue weighted by molar-refractivity contribution is 5.83. The van der Waals surface area contributed by atoms with E-state index in [1.807, 2.05) is 6.07 Å². The lowest BCUT2D eigenvalue weighted by molar-refractivity contribution is -0.137. The van der Waals surface area contributed by atoms with Crippen LogP contribution >= 0.6 is 0 Å². The van der Waals surface area contributed by atoms with Gasteiger partial charge in [0.25, 0.3) is 0 Å². The highest BCUT2D eigenvalue weighted by atomic mass is 16.5. The molecule has 0 bridgehead atoms. The quantitative estimate of drug-likeness (QED) is 0.481. The molecule has 1 N–H and O–H groups in total. The maximum absolute atomic E-state index is 11.1. The van der Waals surface area contributed by atoms with E-state index in [2.05, 4.69) is 6.58 Å². The van der Waals surface area contributed by atoms with Gasteiger partial charge >= 0.3 is 11.9 Å². The van der Waals surface area contributed by atoms with Gasteiger partial charge in [-0.25, -0.2) is 4.79 Å². The van der Waals surface area contributed by atoms with Crippen LogP contribution in [0.3, 0.4) is 0 Å². The molecule has 0 amide bonds. The van der Waals surface area contributed by atoms with Gasteiger partial charge in [-0.05, 0) is 30.5 Å². The van der Waals surface area contributed by atoms with Crippen molar-refractivity contribution < 1.29 is 19.4 Å². The van der Waals surface area contributed by atoms with Crippen LogP contribution in [0.5, 0.6) is 5.75 Å². The van der Waals surface area contributed by atoms with Gasteiger partial charge in [0.05, 0.1) is 0 Å². The van der Waals surface area contributed by atoms with Crippen molar-refractivity contribution in [2.75, 3.05) is 0 Å². The van der Waals surface area contributed by atoms with E-state index in [1.165, 1.54) is 0 Å². The number of aliphatic carboxylic acids is 1. The summed E-state index contributed by atoms with van der Waals surface area (Å²) in [6.07, 6.45) is 1.56. The van der Waals surface area contributed by atoms with E-state index in [-0.39, 0.29) is 6.42 Å². The highest BCUT2D eigenvalue weighted by Gasteiger charge is 2.08. The molecule has 0 aliphatic heterocycles. The van der Waals surface area contributed by atoms with Gasteiger partial charge in [0.1, 0.15) is 5.75 Å². The lowest BCUT2D eigenvalue weighted by Gasteiger charge is -2.09. The van der Waals surface area contributed by atoms with Gasteiger partial charge in [0.15, 0.2) is 0 Å². The molecular formula is C13H14O4. The third-order valence-electron chi connectivity index (χ3n) is 2.38. The first-order chi connectivity index (χ1) is 8.04. The van der Waals surface area contributed by atoms with Crippen molar-refractivity contribution in [2.45, 2.75) is 19.8 Å². The zero-order valence-corrected chi connectivity index (χ0v) is 9.60. The van der Waals surface area contributed by atoms with E-state index in [1.54, 1.807) is 19.1 Å². The van der Waals surface area contributed by atoms with Gasteiger partial charge in [-0.15, -0.1) is 0 Å². The van der Waals surface area contributed by atoms with Crippen LogP contribution in [0.25, 0.3) is 0 Å². The van der Waals surface area contributed by atoms with Crippen LogP contribution in [-0.2, 0) is 16.0 Å². The maximum atomic E-state index is 11.1. The van der Waals surface area contributed by atoms with Crippen molar-refractivity contribution >= 4 is 11.9 Å². The number of benzene rings is 1. The Morgan fingerprint density at radius 3 is 2.76 bits per heavy atom. The van der Waals surface area contributed by atoms with E-state index < -0.39 is 11.9 Å². The minimum Gasteiger partial charge on any atom is -0.481 e. The van der Waals surface area contributed by atoms with Crippen molar-refractivity contribution in [1.29, 1.82) is 0 Å². The third-order valence-corrected chi connectivity index (χ3v) is 2.38. The van der Waals surface area contributed by atoms with Crippen molar-refractivity contribution in [3.05, 3.63) is 42.0 Å². The number of esters is 1. The van der Waals surface area contributed by atoms with Crippen molar-refractivity contribution in [3.8, 4) is 5.75 Å². The minimum absolute atomic E-state index is 0.0553. The Morgan fingerprint density at radius 1 is 1.47 bits per heavy atom. The Hall–Kier alpha value is -2.10. The first kappa shape index (κ1) is 13.0. The van der Waals surface area contributed by atoms with Crippen LogP contribution in [0.15, 0.2) is 30.9 Å². The number of hydrogen-bond acceptors (Lipinski definition) is 3. The van der Waals surface area contributed by atoms with Crippen LogP contribution in [-0.4, -0.2) is 17.0 Å². The molecule has 0 fully saturated rings. The molecular weight excluding hydrogens is 220 g/mol. The number of hydrogen-bond donors (Lipinski definition) is 1. The molecule has 0 saturated heterocycles. The topological polar surface area (TPSA) is 63.6 Å². The predicted molar refractivity (Wildman–Crippen MR) is 63.0 cm³/mol. The standard InChI is InChI=1S/C13H14O4/c1-3-13(16)17-11-6-4-5-10(9(11)2)7-8-12(14)15/h3-6H,1,7-8H2,2H3,(H,14,15). The third kappa shape index (κ3) is 3.75. The second-order valence-corrected chi connectivity index (χ2v) is 3.56. The Kier molecular flexibility index (Phi) is 4.46. The molecule has 0 unspecified atom stereocenters. The Labute approximate surface area is 99.5 Å². The monoisotopic (exact) mass is 234 g/mol. The molecule has 90 valence electrons. The maximum Gasteiger partial charge on any atom is 0.335 e.